The van der Waals surface area contributed by atoms with Crippen LogP contribution in [0.1, 0.15) is 39.7 Å². The van der Waals surface area contributed by atoms with Crippen LogP contribution >= 0.6 is 23.1 Å². The number of thiazole rings is 1. The molecule has 0 N–H and O–H groups in total. The van der Waals surface area contributed by atoms with E-state index in [1.54, 1.807) is 23.1 Å². The molecule has 1 aliphatic rings. The molecule has 3 aromatic rings. The Labute approximate surface area is 162 Å². The highest BCUT2D eigenvalue weighted by atomic mass is 32.2. The molecule has 5 heteroatoms. The Bertz CT molecular complexity index is 888. The summed E-state index contributed by atoms with van der Waals surface area (Å²) in [6.07, 6.45) is 4.23. The van der Waals surface area contributed by atoms with Gasteiger partial charge in [0.2, 0.25) is 0 Å². The summed E-state index contributed by atoms with van der Waals surface area (Å²) < 4.78 is 1.23. The summed E-state index contributed by atoms with van der Waals surface area (Å²) in [5.74, 6) is 1.44. The molecule has 1 aromatic heterocycles. The predicted octanol–water partition coefficient (Wildman–Crippen LogP) is 5.18. The van der Waals surface area contributed by atoms with E-state index in [1.807, 2.05) is 29.2 Å². The zero-order chi connectivity index (χ0) is 17.9. The lowest BCUT2D eigenvalue weighted by Crippen LogP contribution is -2.39. The van der Waals surface area contributed by atoms with Crippen molar-refractivity contribution in [2.75, 3.05) is 19.3 Å². The number of hydrogen-bond acceptors (Lipinski definition) is 4. The van der Waals surface area contributed by atoms with Gasteiger partial charge in [-0.2, -0.15) is 11.8 Å². The lowest BCUT2D eigenvalue weighted by atomic mass is 9.98. The number of amides is 1. The largest absolute Gasteiger partial charge is 0.338 e. The number of benzene rings is 2. The van der Waals surface area contributed by atoms with Gasteiger partial charge in [-0.1, -0.05) is 24.3 Å². The van der Waals surface area contributed by atoms with Crippen LogP contribution in [0.5, 0.6) is 0 Å². The number of rotatable bonds is 4. The molecule has 134 valence electrons. The van der Waals surface area contributed by atoms with Crippen LogP contribution < -0.4 is 0 Å². The summed E-state index contributed by atoms with van der Waals surface area (Å²) in [4.78, 5) is 19.8. The highest BCUT2D eigenvalue weighted by Crippen LogP contribution is 2.33. The van der Waals surface area contributed by atoms with E-state index in [0.717, 1.165) is 42.8 Å². The molecular weight excluding hydrogens is 360 g/mol. The van der Waals surface area contributed by atoms with Crippen LogP contribution in [-0.2, 0) is 5.75 Å². The Kier molecular flexibility index (Phi) is 5.27. The number of para-hydroxylation sites is 1. The molecule has 2 aromatic carbocycles. The normalized spacial score (nSPS) is 17.6. The number of thioether (sulfide) groups is 1. The van der Waals surface area contributed by atoms with Gasteiger partial charge in [0.1, 0.15) is 0 Å². The highest BCUT2D eigenvalue weighted by Gasteiger charge is 2.27. The molecule has 0 aliphatic carbocycles. The number of carbonyl (C=O) groups is 1. The van der Waals surface area contributed by atoms with Crippen LogP contribution in [-0.4, -0.2) is 35.1 Å². The molecule has 1 amide bonds. The molecule has 1 fully saturated rings. The molecule has 1 atom stereocenters. The molecular formula is C21H22N2OS2. The lowest BCUT2D eigenvalue weighted by Gasteiger charge is -2.32. The monoisotopic (exact) mass is 382 g/mol. The first-order valence-corrected chi connectivity index (χ1v) is 11.2. The third-order valence-electron chi connectivity index (χ3n) is 4.85. The van der Waals surface area contributed by atoms with Gasteiger partial charge in [-0.15, -0.1) is 11.3 Å². The van der Waals surface area contributed by atoms with Crippen LogP contribution in [0.3, 0.4) is 0 Å². The number of fused-ring (bicyclic) bond motifs is 1. The minimum absolute atomic E-state index is 0.152. The van der Waals surface area contributed by atoms with E-state index in [0.29, 0.717) is 5.92 Å². The Morgan fingerprint density at radius 3 is 3.00 bits per heavy atom. The molecule has 0 spiro atoms. The third kappa shape index (κ3) is 3.64. The number of likely N-dealkylation sites (tertiary alicyclic amines) is 1. The van der Waals surface area contributed by atoms with E-state index in [4.69, 9.17) is 4.98 Å². The van der Waals surface area contributed by atoms with E-state index in [2.05, 4.69) is 30.5 Å². The molecule has 0 bridgehead atoms. The van der Waals surface area contributed by atoms with Crippen molar-refractivity contribution >= 4 is 39.2 Å². The quantitative estimate of drug-likeness (QED) is 0.623. The maximum Gasteiger partial charge on any atom is 0.253 e. The number of carbonyl (C=O) groups excluding carboxylic acids is 1. The van der Waals surface area contributed by atoms with Crippen molar-refractivity contribution in [2.24, 2.45) is 0 Å². The van der Waals surface area contributed by atoms with Gasteiger partial charge >= 0.3 is 0 Å². The maximum atomic E-state index is 13.0. The summed E-state index contributed by atoms with van der Waals surface area (Å²) in [6.45, 7) is 1.61. The standard InChI is InChI=1S/C21H22N2OS2/c1-25-14-15-6-4-7-16(12-15)21(24)23-11-5-8-17(13-23)20-22-18-9-2-3-10-19(18)26-20/h2-4,6-7,9-10,12,17H,5,8,11,13-14H2,1H3/t17-/m1/s1. The smallest absolute Gasteiger partial charge is 0.253 e. The van der Waals surface area contributed by atoms with Crippen LogP contribution in [0.2, 0.25) is 0 Å². The van der Waals surface area contributed by atoms with Gasteiger partial charge in [-0.3, -0.25) is 4.79 Å². The second-order valence-corrected chi connectivity index (χ2v) is 8.67. The Morgan fingerprint density at radius 1 is 1.27 bits per heavy atom. The fraction of sp³-hybridized carbons (Fsp3) is 0.333. The molecule has 3 nitrogen and oxygen atoms in total. The van der Waals surface area contributed by atoms with E-state index >= 15 is 0 Å². The summed E-state index contributed by atoms with van der Waals surface area (Å²) >= 11 is 3.55. The molecule has 0 unspecified atom stereocenters. The van der Waals surface area contributed by atoms with Gasteiger partial charge in [-0.25, -0.2) is 4.98 Å². The van der Waals surface area contributed by atoms with E-state index in [9.17, 15) is 4.79 Å². The van der Waals surface area contributed by atoms with Gasteiger partial charge in [0.15, 0.2) is 0 Å². The second kappa shape index (κ2) is 7.80. The molecule has 1 saturated heterocycles. The second-order valence-electron chi connectivity index (χ2n) is 6.74. The van der Waals surface area contributed by atoms with Crippen LogP contribution in [0.4, 0.5) is 0 Å². The first-order valence-electron chi connectivity index (χ1n) is 8.97. The van der Waals surface area contributed by atoms with E-state index in [1.165, 1.54) is 15.3 Å². The van der Waals surface area contributed by atoms with E-state index in [-0.39, 0.29) is 5.91 Å². The molecule has 2 heterocycles. The summed E-state index contributed by atoms with van der Waals surface area (Å²) in [5.41, 5.74) is 3.09. The molecule has 0 saturated carbocycles. The number of nitrogens with zero attached hydrogens (tertiary/aromatic N) is 2. The van der Waals surface area contributed by atoms with E-state index < -0.39 is 0 Å². The number of aromatic nitrogens is 1. The highest BCUT2D eigenvalue weighted by molar-refractivity contribution is 7.97. The van der Waals surface area contributed by atoms with Crippen molar-refractivity contribution in [1.29, 1.82) is 0 Å². The average molecular weight is 383 g/mol. The van der Waals surface area contributed by atoms with Crippen molar-refractivity contribution in [3.63, 3.8) is 0 Å². The minimum Gasteiger partial charge on any atom is -0.338 e. The Balaban J connectivity index is 1.52. The zero-order valence-electron chi connectivity index (χ0n) is 14.9. The molecule has 26 heavy (non-hydrogen) atoms. The first-order chi connectivity index (χ1) is 12.7. The maximum absolute atomic E-state index is 13.0. The Morgan fingerprint density at radius 2 is 2.15 bits per heavy atom. The van der Waals surface area contributed by atoms with Gasteiger partial charge in [0, 0.05) is 30.3 Å². The lowest BCUT2D eigenvalue weighted by molar-refractivity contribution is 0.0707. The van der Waals surface area contributed by atoms with Gasteiger partial charge in [-0.05, 0) is 48.9 Å². The first kappa shape index (κ1) is 17.6. The number of piperidine rings is 1. The molecule has 1 aliphatic heterocycles. The van der Waals surface area contributed by atoms with Crippen molar-refractivity contribution < 1.29 is 4.79 Å². The van der Waals surface area contributed by atoms with Gasteiger partial charge in [0.05, 0.1) is 15.2 Å². The van der Waals surface area contributed by atoms with Crippen molar-refractivity contribution in [3.8, 4) is 0 Å². The van der Waals surface area contributed by atoms with Crippen molar-refractivity contribution in [2.45, 2.75) is 24.5 Å². The molecule has 0 radical (unpaired) electrons. The Hall–Kier alpha value is -1.85. The fourth-order valence-electron chi connectivity index (χ4n) is 3.57. The topological polar surface area (TPSA) is 33.2 Å². The fourth-order valence-corrected chi connectivity index (χ4v) is 5.18. The van der Waals surface area contributed by atoms with Crippen LogP contribution in [0, 0.1) is 0 Å². The average Bonchev–Trinajstić information content (AvgIpc) is 3.12. The van der Waals surface area contributed by atoms with Crippen molar-refractivity contribution in [3.05, 3.63) is 64.7 Å². The van der Waals surface area contributed by atoms with Crippen LogP contribution in [0.15, 0.2) is 48.5 Å². The van der Waals surface area contributed by atoms with Crippen molar-refractivity contribution in [1.82, 2.24) is 9.88 Å². The zero-order valence-corrected chi connectivity index (χ0v) is 16.5. The van der Waals surface area contributed by atoms with Gasteiger partial charge < -0.3 is 4.90 Å². The summed E-state index contributed by atoms with van der Waals surface area (Å²) in [6, 6.07) is 16.3. The summed E-state index contributed by atoms with van der Waals surface area (Å²) in [7, 11) is 0. The third-order valence-corrected chi connectivity index (χ3v) is 6.67. The minimum atomic E-state index is 0.152. The summed E-state index contributed by atoms with van der Waals surface area (Å²) in [5, 5.41) is 1.17. The van der Waals surface area contributed by atoms with Gasteiger partial charge in [0.25, 0.3) is 5.91 Å². The predicted molar refractivity (Wildman–Crippen MR) is 111 cm³/mol. The SMILES string of the molecule is CSCc1cccc(C(=O)N2CCC[C@@H](c3nc4ccccc4s3)C2)c1. The number of hydrogen-bond donors (Lipinski definition) is 0. The molecule has 4 rings (SSSR count). The van der Waals surface area contributed by atoms with Crippen LogP contribution in [0.25, 0.3) is 10.2 Å².